The summed E-state index contributed by atoms with van der Waals surface area (Å²) in [6.07, 6.45) is -0.572. The van der Waals surface area contributed by atoms with E-state index < -0.39 is 6.10 Å². The molecule has 1 aliphatic heterocycles. The van der Waals surface area contributed by atoms with Crippen LogP contribution in [-0.4, -0.2) is 80.7 Å². The average molecular weight is 429 g/mol. The van der Waals surface area contributed by atoms with Crippen LogP contribution in [0.4, 0.5) is 0 Å². The Morgan fingerprint density at radius 1 is 1.06 bits per heavy atom. The van der Waals surface area contributed by atoms with Crippen LogP contribution in [0.15, 0.2) is 42.5 Å². The Bertz CT molecular complexity index is 791. The Kier molecular flexibility index (Phi) is 9.15. The third-order valence-electron chi connectivity index (χ3n) is 5.71. The molecule has 0 aromatic heterocycles. The predicted molar refractivity (Wildman–Crippen MR) is 123 cm³/mol. The molecule has 1 N–H and O–H groups in total. The quantitative estimate of drug-likeness (QED) is 0.594. The smallest absolute Gasteiger partial charge is 0.119 e. The number of aliphatic hydroxyl groups excluding tert-OH is 1. The molecule has 0 unspecified atom stereocenters. The summed E-state index contributed by atoms with van der Waals surface area (Å²) >= 11 is 0. The molecular formula is C25H36N2O4. The van der Waals surface area contributed by atoms with Gasteiger partial charge in [-0.25, -0.2) is 0 Å². The second kappa shape index (κ2) is 12.1. The highest BCUT2D eigenvalue weighted by Crippen LogP contribution is 2.18. The molecule has 0 aliphatic carbocycles. The van der Waals surface area contributed by atoms with Gasteiger partial charge in [0.2, 0.25) is 0 Å². The minimum absolute atomic E-state index is 0.257. The zero-order valence-corrected chi connectivity index (χ0v) is 19.0. The van der Waals surface area contributed by atoms with E-state index in [1.54, 1.807) is 7.11 Å². The zero-order chi connectivity index (χ0) is 22.1. The fraction of sp³-hybridized carbons (Fsp3) is 0.520. The van der Waals surface area contributed by atoms with Crippen molar-refractivity contribution in [3.8, 4) is 11.5 Å². The van der Waals surface area contributed by atoms with Gasteiger partial charge >= 0.3 is 0 Å². The second-order valence-electron chi connectivity index (χ2n) is 8.26. The number of hydrogen-bond donors (Lipinski definition) is 1. The molecule has 31 heavy (non-hydrogen) atoms. The summed E-state index contributed by atoms with van der Waals surface area (Å²) in [5, 5.41) is 10.7. The summed E-state index contributed by atoms with van der Waals surface area (Å²) in [5.74, 6) is 1.52. The first kappa shape index (κ1) is 23.5. The van der Waals surface area contributed by atoms with Gasteiger partial charge in [0.1, 0.15) is 24.2 Å². The topological polar surface area (TPSA) is 54.4 Å². The summed E-state index contributed by atoms with van der Waals surface area (Å²) in [5.41, 5.74) is 3.85. The molecule has 0 saturated carbocycles. The minimum Gasteiger partial charge on any atom is -0.497 e. The molecule has 1 heterocycles. The predicted octanol–water partition coefficient (Wildman–Crippen LogP) is 2.89. The molecule has 2 aromatic rings. The monoisotopic (exact) mass is 428 g/mol. The lowest BCUT2D eigenvalue weighted by Gasteiger charge is -2.31. The van der Waals surface area contributed by atoms with Gasteiger partial charge < -0.3 is 19.3 Å². The maximum Gasteiger partial charge on any atom is 0.119 e. The van der Waals surface area contributed by atoms with Crippen LogP contribution in [0.2, 0.25) is 0 Å². The van der Waals surface area contributed by atoms with E-state index in [1.807, 2.05) is 24.3 Å². The van der Waals surface area contributed by atoms with Crippen LogP contribution in [-0.2, 0) is 11.3 Å². The van der Waals surface area contributed by atoms with Crippen molar-refractivity contribution >= 4 is 0 Å². The van der Waals surface area contributed by atoms with Crippen LogP contribution in [0.3, 0.4) is 0 Å². The van der Waals surface area contributed by atoms with Gasteiger partial charge in [0, 0.05) is 39.3 Å². The zero-order valence-electron chi connectivity index (χ0n) is 19.0. The maximum absolute atomic E-state index is 10.7. The first-order valence-electron chi connectivity index (χ1n) is 11.1. The molecule has 6 nitrogen and oxygen atoms in total. The molecular weight excluding hydrogens is 392 g/mol. The van der Waals surface area contributed by atoms with Gasteiger partial charge in [-0.3, -0.25) is 9.80 Å². The standard InChI is InChI=1S/C25H36N2O4/c1-20-4-5-21(2)22(16-20)17-27(11-10-26-12-14-30-15-13-26)18-23(28)19-31-25-8-6-24(29-3)7-9-25/h4-9,16,23,28H,10-15,17-19H2,1-3H3/t23-/m1/s1. The van der Waals surface area contributed by atoms with Gasteiger partial charge in [0.15, 0.2) is 0 Å². The van der Waals surface area contributed by atoms with Crippen molar-refractivity contribution in [1.82, 2.24) is 9.80 Å². The molecule has 1 atom stereocenters. The van der Waals surface area contributed by atoms with Crippen molar-refractivity contribution < 1.29 is 19.3 Å². The lowest BCUT2D eigenvalue weighted by Crippen LogP contribution is -2.43. The van der Waals surface area contributed by atoms with Crippen molar-refractivity contribution in [2.75, 3.05) is 59.7 Å². The lowest BCUT2D eigenvalue weighted by atomic mass is 10.0. The highest BCUT2D eigenvalue weighted by atomic mass is 16.5. The molecule has 0 amide bonds. The molecule has 0 spiro atoms. The highest BCUT2D eigenvalue weighted by molar-refractivity contribution is 5.31. The summed E-state index contributed by atoms with van der Waals surface area (Å²) in [6, 6.07) is 14.0. The molecule has 2 aromatic carbocycles. The fourth-order valence-electron chi connectivity index (χ4n) is 3.77. The number of ether oxygens (including phenoxy) is 3. The second-order valence-corrected chi connectivity index (χ2v) is 8.26. The SMILES string of the molecule is COc1ccc(OC[C@H](O)CN(CCN2CCOCC2)Cc2cc(C)ccc2C)cc1. The Balaban J connectivity index is 1.57. The average Bonchev–Trinajstić information content (AvgIpc) is 2.79. The molecule has 0 bridgehead atoms. The van der Waals surface area contributed by atoms with Crippen molar-refractivity contribution in [3.05, 3.63) is 59.2 Å². The molecule has 170 valence electrons. The van der Waals surface area contributed by atoms with Crippen molar-refractivity contribution in [2.24, 2.45) is 0 Å². The van der Waals surface area contributed by atoms with E-state index >= 15 is 0 Å². The first-order chi connectivity index (χ1) is 15.0. The molecule has 3 rings (SSSR count). The lowest BCUT2D eigenvalue weighted by molar-refractivity contribution is 0.0255. The summed E-state index contributed by atoms with van der Waals surface area (Å²) in [4.78, 5) is 4.76. The van der Waals surface area contributed by atoms with Crippen molar-refractivity contribution in [1.29, 1.82) is 0 Å². The normalized spacial score (nSPS) is 15.8. The van der Waals surface area contributed by atoms with Gasteiger partial charge in [-0.05, 0) is 49.2 Å². The number of morpholine rings is 1. The molecule has 1 fully saturated rings. The molecule has 1 saturated heterocycles. The third kappa shape index (κ3) is 7.82. The number of rotatable bonds is 11. The van der Waals surface area contributed by atoms with Crippen LogP contribution < -0.4 is 9.47 Å². The van der Waals surface area contributed by atoms with Crippen LogP contribution in [0, 0.1) is 13.8 Å². The van der Waals surface area contributed by atoms with E-state index in [0.717, 1.165) is 57.4 Å². The number of hydrogen-bond acceptors (Lipinski definition) is 6. The van der Waals surface area contributed by atoms with Crippen LogP contribution in [0.5, 0.6) is 11.5 Å². The molecule has 6 heteroatoms. The number of benzene rings is 2. The van der Waals surface area contributed by atoms with Crippen molar-refractivity contribution in [2.45, 2.75) is 26.5 Å². The Hall–Kier alpha value is -2.12. The van der Waals surface area contributed by atoms with E-state index in [-0.39, 0.29) is 6.61 Å². The van der Waals surface area contributed by atoms with Gasteiger partial charge in [-0.1, -0.05) is 23.8 Å². The third-order valence-corrected chi connectivity index (χ3v) is 5.71. The first-order valence-corrected chi connectivity index (χ1v) is 11.1. The number of aliphatic hydroxyl groups is 1. The Morgan fingerprint density at radius 3 is 2.48 bits per heavy atom. The van der Waals surface area contributed by atoms with Crippen LogP contribution in [0.1, 0.15) is 16.7 Å². The van der Waals surface area contributed by atoms with Crippen LogP contribution in [0.25, 0.3) is 0 Å². The molecule has 1 aliphatic rings. The maximum atomic E-state index is 10.7. The van der Waals surface area contributed by atoms with Gasteiger partial charge in [0.25, 0.3) is 0 Å². The Labute approximate surface area is 186 Å². The number of nitrogens with zero attached hydrogens (tertiary/aromatic N) is 2. The molecule has 0 radical (unpaired) electrons. The van der Waals surface area contributed by atoms with Gasteiger partial charge in [0.05, 0.1) is 20.3 Å². The van der Waals surface area contributed by atoms with E-state index in [9.17, 15) is 5.11 Å². The number of aryl methyl sites for hydroxylation is 2. The largest absolute Gasteiger partial charge is 0.497 e. The van der Waals surface area contributed by atoms with E-state index in [0.29, 0.717) is 6.54 Å². The van der Waals surface area contributed by atoms with E-state index in [4.69, 9.17) is 14.2 Å². The van der Waals surface area contributed by atoms with E-state index in [1.165, 1.54) is 16.7 Å². The highest BCUT2D eigenvalue weighted by Gasteiger charge is 2.17. The van der Waals surface area contributed by atoms with E-state index in [2.05, 4.69) is 41.8 Å². The van der Waals surface area contributed by atoms with Crippen molar-refractivity contribution in [3.63, 3.8) is 0 Å². The summed E-state index contributed by atoms with van der Waals surface area (Å²) in [6.45, 7) is 11.3. The van der Waals surface area contributed by atoms with Crippen LogP contribution >= 0.6 is 0 Å². The fourth-order valence-corrected chi connectivity index (χ4v) is 3.77. The van der Waals surface area contributed by atoms with Gasteiger partial charge in [-0.15, -0.1) is 0 Å². The summed E-state index contributed by atoms with van der Waals surface area (Å²) < 4.78 is 16.4. The Morgan fingerprint density at radius 2 is 1.77 bits per heavy atom. The number of methoxy groups -OCH3 is 1. The summed E-state index contributed by atoms with van der Waals surface area (Å²) in [7, 11) is 1.64. The van der Waals surface area contributed by atoms with Gasteiger partial charge in [-0.2, -0.15) is 0 Å². The minimum atomic E-state index is -0.572.